The Bertz CT molecular complexity index is 1400. The third kappa shape index (κ3) is 4.43. The number of rotatable bonds is 7. The van der Waals surface area contributed by atoms with E-state index in [1.165, 1.54) is 12.1 Å². The minimum Gasteiger partial charge on any atom is -0.493 e. The van der Waals surface area contributed by atoms with Crippen LogP contribution in [0.15, 0.2) is 72.8 Å². The SMILES string of the molecule is COc1cc(C2CC(=O)Oc3n[nH]c(-c4cccc([N+](=O)[O-])c4)c32)ccc1OCc1ccccc1. The second-order valence-electron chi connectivity index (χ2n) is 8.04. The van der Waals surface area contributed by atoms with E-state index in [0.29, 0.717) is 34.9 Å². The summed E-state index contributed by atoms with van der Waals surface area (Å²) in [6.07, 6.45) is 0.0852. The maximum absolute atomic E-state index is 12.4. The van der Waals surface area contributed by atoms with Crippen LogP contribution in [0.1, 0.15) is 29.0 Å². The maximum Gasteiger partial charge on any atom is 0.313 e. The van der Waals surface area contributed by atoms with Crippen LogP contribution in [-0.4, -0.2) is 28.2 Å². The molecule has 0 amide bonds. The molecule has 1 N–H and O–H groups in total. The molecule has 0 bridgehead atoms. The van der Waals surface area contributed by atoms with E-state index >= 15 is 0 Å². The molecule has 0 saturated carbocycles. The van der Waals surface area contributed by atoms with Gasteiger partial charge in [-0.2, -0.15) is 0 Å². The molecule has 1 atom stereocenters. The summed E-state index contributed by atoms with van der Waals surface area (Å²) in [5, 5.41) is 18.3. The van der Waals surface area contributed by atoms with Crippen LogP contribution >= 0.6 is 0 Å². The van der Waals surface area contributed by atoms with E-state index in [1.54, 1.807) is 19.2 Å². The molecule has 0 saturated heterocycles. The number of H-pyrrole nitrogens is 1. The number of non-ortho nitro benzene ring substituents is 1. The first-order chi connectivity index (χ1) is 17.0. The number of esters is 1. The van der Waals surface area contributed by atoms with Gasteiger partial charge in [-0.25, -0.2) is 0 Å². The number of aromatic nitrogens is 2. The summed E-state index contributed by atoms with van der Waals surface area (Å²) in [6.45, 7) is 0.384. The summed E-state index contributed by atoms with van der Waals surface area (Å²) < 4.78 is 16.9. The molecule has 176 valence electrons. The van der Waals surface area contributed by atoms with Crippen LogP contribution in [0.5, 0.6) is 17.4 Å². The topological polar surface area (TPSA) is 117 Å². The molecule has 1 aliphatic rings. The molecular weight excluding hydrogens is 450 g/mol. The highest BCUT2D eigenvalue weighted by atomic mass is 16.6. The summed E-state index contributed by atoms with van der Waals surface area (Å²) in [7, 11) is 1.56. The lowest BCUT2D eigenvalue weighted by atomic mass is 9.85. The van der Waals surface area contributed by atoms with Crippen molar-refractivity contribution in [3.8, 4) is 28.6 Å². The van der Waals surface area contributed by atoms with Gasteiger partial charge in [0.15, 0.2) is 11.5 Å². The smallest absolute Gasteiger partial charge is 0.313 e. The molecule has 9 nitrogen and oxygen atoms in total. The van der Waals surface area contributed by atoms with Gasteiger partial charge in [0.1, 0.15) is 6.61 Å². The fraction of sp³-hybridized carbons (Fsp3) is 0.154. The van der Waals surface area contributed by atoms with Gasteiger partial charge < -0.3 is 14.2 Å². The largest absolute Gasteiger partial charge is 0.493 e. The number of nitro benzene ring substituents is 1. The van der Waals surface area contributed by atoms with Gasteiger partial charge in [0.05, 0.1) is 29.7 Å². The molecule has 1 aliphatic heterocycles. The summed E-state index contributed by atoms with van der Waals surface area (Å²) in [5.41, 5.74) is 3.58. The molecule has 35 heavy (non-hydrogen) atoms. The van der Waals surface area contributed by atoms with Crippen molar-refractivity contribution >= 4 is 11.7 Å². The van der Waals surface area contributed by atoms with Crippen LogP contribution < -0.4 is 14.2 Å². The number of carbonyl (C=O) groups is 1. The van der Waals surface area contributed by atoms with Gasteiger partial charge in [0, 0.05) is 23.6 Å². The van der Waals surface area contributed by atoms with Gasteiger partial charge >= 0.3 is 5.97 Å². The Morgan fingerprint density at radius 2 is 1.91 bits per heavy atom. The molecule has 9 heteroatoms. The number of hydrogen-bond donors (Lipinski definition) is 1. The fourth-order valence-corrected chi connectivity index (χ4v) is 4.19. The number of hydrogen-bond acceptors (Lipinski definition) is 7. The molecule has 5 rings (SSSR count). The van der Waals surface area contributed by atoms with Gasteiger partial charge in [-0.15, -0.1) is 5.10 Å². The number of nitrogens with zero attached hydrogens (tertiary/aromatic N) is 2. The standard InChI is InChI=1S/C26H21N3O6/c1-33-22-13-17(10-11-21(22)34-15-16-6-3-2-4-7-16)20-14-23(30)35-26-24(20)25(27-28-26)18-8-5-9-19(12-18)29(31)32/h2-13,20H,14-15H2,1H3,(H,27,28). The van der Waals surface area contributed by atoms with E-state index in [1.807, 2.05) is 48.5 Å². The van der Waals surface area contributed by atoms with Crippen molar-refractivity contribution in [1.82, 2.24) is 10.2 Å². The maximum atomic E-state index is 12.4. The van der Waals surface area contributed by atoms with Crippen LogP contribution in [0.4, 0.5) is 5.69 Å². The molecule has 1 aromatic heterocycles. The first-order valence-electron chi connectivity index (χ1n) is 10.9. The highest BCUT2D eigenvalue weighted by molar-refractivity contribution is 5.80. The molecule has 0 radical (unpaired) electrons. The quantitative estimate of drug-likeness (QED) is 0.229. The summed E-state index contributed by atoms with van der Waals surface area (Å²) >= 11 is 0. The molecule has 0 spiro atoms. The average Bonchev–Trinajstić information content (AvgIpc) is 3.31. The lowest BCUT2D eigenvalue weighted by Gasteiger charge is -2.23. The second kappa shape index (κ2) is 9.30. The zero-order chi connectivity index (χ0) is 24.4. The van der Waals surface area contributed by atoms with Crippen molar-refractivity contribution in [3.05, 3.63) is 99.6 Å². The van der Waals surface area contributed by atoms with Crippen LogP contribution in [-0.2, 0) is 11.4 Å². The Kier molecular flexibility index (Phi) is 5.88. The Morgan fingerprint density at radius 3 is 2.69 bits per heavy atom. The molecule has 2 heterocycles. The van der Waals surface area contributed by atoms with Gasteiger partial charge in [-0.3, -0.25) is 20.0 Å². The van der Waals surface area contributed by atoms with Crippen molar-refractivity contribution in [2.75, 3.05) is 7.11 Å². The molecular formula is C26H21N3O6. The Balaban J connectivity index is 1.50. The van der Waals surface area contributed by atoms with E-state index < -0.39 is 16.8 Å². The lowest BCUT2D eigenvalue weighted by Crippen LogP contribution is -2.21. The zero-order valence-electron chi connectivity index (χ0n) is 18.8. The van der Waals surface area contributed by atoms with Crippen molar-refractivity contribution in [2.45, 2.75) is 18.9 Å². The average molecular weight is 471 g/mol. The van der Waals surface area contributed by atoms with E-state index in [4.69, 9.17) is 14.2 Å². The predicted octanol–water partition coefficient (Wildman–Crippen LogP) is 5.01. The number of carbonyl (C=O) groups excluding carboxylic acids is 1. The lowest BCUT2D eigenvalue weighted by molar-refractivity contribution is -0.384. The predicted molar refractivity (Wildman–Crippen MR) is 127 cm³/mol. The highest BCUT2D eigenvalue weighted by Gasteiger charge is 2.34. The summed E-state index contributed by atoms with van der Waals surface area (Å²) in [5.74, 6) is 0.458. The van der Waals surface area contributed by atoms with Crippen molar-refractivity contribution < 1.29 is 23.9 Å². The van der Waals surface area contributed by atoms with Crippen LogP contribution in [0.25, 0.3) is 11.3 Å². The number of methoxy groups -OCH3 is 1. The van der Waals surface area contributed by atoms with Gasteiger partial charge in [-0.05, 0) is 23.3 Å². The number of benzene rings is 3. The van der Waals surface area contributed by atoms with Crippen molar-refractivity contribution in [2.24, 2.45) is 0 Å². The third-order valence-corrected chi connectivity index (χ3v) is 5.87. The minimum atomic E-state index is -0.455. The molecule has 3 aromatic carbocycles. The molecule has 0 fully saturated rings. The van der Waals surface area contributed by atoms with Crippen LogP contribution in [0.2, 0.25) is 0 Å². The van der Waals surface area contributed by atoms with E-state index in [2.05, 4.69) is 10.2 Å². The van der Waals surface area contributed by atoms with E-state index in [9.17, 15) is 14.9 Å². The fourth-order valence-electron chi connectivity index (χ4n) is 4.19. The first-order valence-corrected chi connectivity index (χ1v) is 10.9. The van der Waals surface area contributed by atoms with Gasteiger partial charge in [0.2, 0.25) is 5.88 Å². The normalized spacial score (nSPS) is 14.7. The van der Waals surface area contributed by atoms with E-state index in [-0.39, 0.29) is 18.0 Å². The number of nitro groups is 1. The molecule has 1 unspecified atom stereocenters. The number of ether oxygens (including phenoxy) is 3. The van der Waals surface area contributed by atoms with Crippen LogP contribution in [0.3, 0.4) is 0 Å². The third-order valence-electron chi connectivity index (χ3n) is 5.87. The molecule has 4 aromatic rings. The second-order valence-corrected chi connectivity index (χ2v) is 8.04. The number of nitrogens with one attached hydrogen (secondary N) is 1. The summed E-state index contributed by atoms with van der Waals surface area (Å²) in [4.78, 5) is 23.2. The van der Waals surface area contributed by atoms with Crippen molar-refractivity contribution in [3.63, 3.8) is 0 Å². The highest BCUT2D eigenvalue weighted by Crippen LogP contribution is 2.45. The Hall–Kier alpha value is -4.66. The van der Waals surface area contributed by atoms with Gasteiger partial charge in [-0.1, -0.05) is 48.5 Å². The number of aromatic amines is 1. The Labute approximate surface area is 200 Å². The summed E-state index contributed by atoms with van der Waals surface area (Å²) in [6, 6.07) is 21.5. The monoisotopic (exact) mass is 471 g/mol. The van der Waals surface area contributed by atoms with E-state index in [0.717, 1.165) is 11.1 Å². The minimum absolute atomic E-state index is 0.0446. The van der Waals surface area contributed by atoms with Crippen molar-refractivity contribution in [1.29, 1.82) is 0 Å². The number of fused-ring (bicyclic) bond motifs is 1. The zero-order valence-corrected chi connectivity index (χ0v) is 18.8. The van der Waals surface area contributed by atoms with Crippen LogP contribution in [0, 0.1) is 10.1 Å². The van der Waals surface area contributed by atoms with Gasteiger partial charge in [0.25, 0.3) is 5.69 Å². The first kappa shape index (κ1) is 22.1. The Morgan fingerprint density at radius 1 is 1.09 bits per heavy atom. The molecule has 0 aliphatic carbocycles.